The molecule has 1 saturated heterocycles. The van der Waals surface area contributed by atoms with E-state index in [1.165, 1.54) is 0 Å². The van der Waals surface area contributed by atoms with Crippen LogP contribution in [0.15, 0.2) is 36.4 Å². The number of rotatable bonds is 3. The van der Waals surface area contributed by atoms with E-state index in [-0.39, 0.29) is 12.7 Å². The van der Waals surface area contributed by atoms with Crippen LogP contribution in [-0.4, -0.2) is 24.8 Å². The van der Waals surface area contributed by atoms with Gasteiger partial charge in [0, 0.05) is 22.5 Å². The number of nitrogens with zero attached hydrogens (tertiary/aromatic N) is 1. The van der Waals surface area contributed by atoms with Gasteiger partial charge in [0.15, 0.2) is 11.5 Å². The predicted molar refractivity (Wildman–Crippen MR) is 92.5 cm³/mol. The molecule has 2 heterocycles. The van der Waals surface area contributed by atoms with E-state index in [9.17, 15) is 9.59 Å². The van der Waals surface area contributed by atoms with Crippen molar-refractivity contribution < 1.29 is 19.1 Å². The first-order valence-corrected chi connectivity index (χ1v) is 8.26. The van der Waals surface area contributed by atoms with Gasteiger partial charge >= 0.3 is 6.03 Å². The van der Waals surface area contributed by atoms with Gasteiger partial charge in [0.25, 0.3) is 5.91 Å². The van der Waals surface area contributed by atoms with Crippen LogP contribution >= 0.6 is 23.2 Å². The van der Waals surface area contributed by atoms with Crippen molar-refractivity contribution in [3.8, 4) is 11.5 Å². The van der Waals surface area contributed by atoms with E-state index >= 15 is 0 Å². The Kier molecular flexibility index (Phi) is 3.94. The molecule has 2 aromatic rings. The number of hydrogen-bond donors (Lipinski definition) is 1. The summed E-state index contributed by atoms with van der Waals surface area (Å²) in [6.07, 6.45) is 0.298. The minimum absolute atomic E-state index is 0.122. The number of benzene rings is 2. The van der Waals surface area contributed by atoms with Crippen LogP contribution in [0.3, 0.4) is 0 Å². The van der Waals surface area contributed by atoms with Crippen molar-refractivity contribution in [2.45, 2.75) is 12.5 Å². The third-order valence-electron chi connectivity index (χ3n) is 4.00. The standard InChI is InChI=1S/C17H12Cl2N2O4/c18-10-3-9(4-11(19)6-10)5-13-16(22)21(17(23)20-13)12-1-2-14-15(7-12)25-8-24-14/h1-4,6-7,13H,5,8H2,(H,20,23)/t13-/m1/s1. The van der Waals surface area contributed by atoms with Gasteiger partial charge in [-0.2, -0.15) is 0 Å². The van der Waals surface area contributed by atoms with Crippen molar-refractivity contribution in [3.05, 3.63) is 52.0 Å². The second kappa shape index (κ2) is 6.13. The van der Waals surface area contributed by atoms with Crippen LogP contribution in [0.25, 0.3) is 0 Å². The van der Waals surface area contributed by atoms with Gasteiger partial charge in [0.05, 0.1) is 5.69 Å². The van der Waals surface area contributed by atoms with Crippen LogP contribution in [0, 0.1) is 0 Å². The zero-order chi connectivity index (χ0) is 17.6. The van der Waals surface area contributed by atoms with Gasteiger partial charge in [0.1, 0.15) is 6.04 Å². The van der Waals surface area contributed by atoms with E-state index in [1.54, 1.807) is 36.4 Å². The Morgan fingerprint density at radius 1 is 1.04 bits per heavy atom. The average Bonchev–Trinajstić information content (AvgIpc) is 3.10. The fraction of sp³-hybridized carbons (Fsp3) is 0.176. The number of nitrogens with one attached hydrogen (secondary N) is 1. The van der Waals surface area contributed by atoms with Crippen LogP contribution < -0.4 is 19.7 Å². The Hall–Kier alpha value is -2.44. The lowest BCUT2D eigenvalue weighted by molar-refractivity contribution is -0.118. The molecule has 0 unspecified atom stereocenters. The highest BCUT2D eigenvalue weighted by molar-refractivity contribution is 6.34. The van der Waals surface area contributed by atoms with Crippen molar-refractivity contribution in [1.29, 1.82) is 0 Å². The molecule has 4 rings (SSSR count). The number of hydrogen-bond acceptors (Lipinski definition) is 4. The molecule has 128 valence electrons. The molecule has 1 fully saturated rings. The Morgan fingerprint density at radius 3 is 2.52 bits per heavy atom. The van der Waals surface area contributed by atoms with Gasteiger partial charge in [0.2, 0.25) is 6.79 Å². The van der Waals surface area contributed by atoms with E-state index in [0.29, 0.717) is 33.7 Å². The van der Waals surface area contributed by atoms with Crippen LogP contribution in [0.4, 0.5) is 10.5 Å². The predicted octanol–water partition coefficient (Wildman–Crippen LogP) is 3.39. The molecule has 25 heavy (non-hydrogen) atoms. The number of halogens is 2. The monoisotopic (exact) mass is 378 g/mol. The maximum atomic E-state index is 12.7. The summed E-state index contributed by atoms with van der Waals surface area (Å²) >= 11 is 12.0. The first kappa shape index (κ1) is 16.1. The van der Waals surface area contributed by atoms with Gasteiger partial charge in [-0.25, -0.2) is 9.69 Å². The molecular weight excluding hydrogens is 367 g/mol. The van der Waals surface area contributed by atoms with E-state index < -0.39 is 12.1 Å². The first-order chi connectivity index (χ1) is 12.0. The number of anilines is 1. The zero-order valence-electron chi connectivity index (χ0n) is 12.8. The SMILES string of the molecule is O=C1N[C@H](Cc2cc(Cl)cc(Cl)c2)C(=O)N1c1ccc2c(c1)OCO2. The number of urea groups is 1. The number of imide groups is 1. The van der Waals surface area contributed by atoms with Crippen molar-refractivity contribution >= 4 is 40.8 Å². The zero-order valence-corrected chi connectivity index (χ0v) is 14.3. The van der Waals surface area contributed by atoms with Gasteiger partial charge < -0.3 is 14.8 Å². The highest BCUT2D eigenvalue weighted by Crippen LogP contribution is 2.36. The molecular formula is C17H12Cl2N2O4. The second-order valence-electron chi connectivity index (χ2n) is 5.70. The van der Waals surface area contributed by atoms with Crippen molar-refractivity contribution in [2.75, 3.05) is 11.7 Å². The molecule has 0 aromatic heterocycles. The minimum Gasteiger partial charge on any atom is -0.454 e. The molecule has 1 N–H and O–H groups in total. The summed E-state index contributed by atoms with van der Waals surface area (Å²) in [5.74, 6) is 0.740. The van der Waals surface area contributed by atoms with Gasteiger partial charge in [-0.1, -0.05) is 23.2 Å². The molecule has 2 aliphatic rings. The Balaban J connectivity index is 1.58. The highest BCUT2D eigenvalue weighted by atomic mass is 35.5. The summed E-state index contributed by atoms with van der Waals surface area (Å²) in [5.41, 5.74) is 1.20. The summed E-state index contributed by atoms with van der Waals surface area (Å²) < 4.78 is 10.5. The summed E-state index contributed by atoms with van der Waals surface area (Å²) in [6.45, 7) is 0.122. The summed E-state index contributed by atoms with van der Waals surface area (Å²) in [7, 11) is 0. The van der Waals surface area contributed by atoms with E-state index in [2.05, 4.69) is 5.32 Å². The Morgan fingerprint density at radius 2 is 1.76 bits per heavy atom. The fourth-order valence-corrected chi connectivity index (χ4v) is 3.47. The van der Waals surface area contributed by atoms with Crippen LogP contribution in [-0.2, 0) is 11.2 Å². The Labute approximate surface area is 153 Å². The lowest BCUT2D eigenvalue weighted by Gasteiger charge is -2.13. The largest absolute Gasteiger partial charge is 0.454 e. The Bertz CT molecular complexity index is 867. The average molecular weight is 379 g/mol. The van der Waals surface area contributed by atoms with E-state index in [1.807, 2.05) is 0 Å². The molecule has 3 amide bonds. The van der Waals surface area contributed by atoms with Crippen molar-refractivity contribution in [1.82, 2.24) is 5.32 Å². The molecule has 0 spiro atoms. The third-order valence-corrected chi connectivity index (χ3v) is 4.43. The smallest absolute Gasteiger partial charge is 0.329 e. The van der Waals surface area contributed by atoms with Crippen LogP contribution in [0.2, 0.25) is 10.0 Å². The molecule has 0 radical (unpaired) electrons. The molecule has 0 bridgehead atoms. The van der Waals surface area contributed by atoms with Crippen molar-refractivity contribution in [3.63, 3.8) is 0 Å². The third kappa shape index (κ3) is 2.99. The molecule has 8 heteroatoms. The summed E-state index contributed by atoms with van der Waals surface area (Å²) in [4.78, 5) is 26.1. The number of ether oxygens (including phenoxy) is 2. The molecule has 0 saturated carbocycles. The maximum absolute atomic E-state index is 12.7. The molecule has 2 aromatic carbocycles. The normalized spacial score (nSPS) is 18.6. The number of carbonyl (C=O) groups excluding carboxylic acids is 2. The van der Waals surface area contributed by atoms with E-state index in [0.717, 1.165) is 10.5 Å². The van der Waals surface area contributed by atoms with Crippen LogP contribution in [0.1, 0.15) is 5.56 Å². The summed E-state index contributed by atoms with van der Waals surface area (Å²) in [6, 6.07) is 8.80. The molecule has 6 nitrogen and oxygen atoms in total. The quantitative estimate of drug-likeness (QED) is 0.831. The number of carbonyl (C=O) groups is 2. The van der Waals surface area contributed by atoms with Gasteiger partial charge in [-0.05, 0) is 35.9 Å². The number of amides is 3. The molecule has 0 aliphatic carbocycles. The number of fused-ring (bicyclic) bond motifs is 1. The molecule has 1 atom stereocenters. The topological polar surface area (TPSA) is 67.9 Å². The van der Waals surface area contributed by atoms with Crippen molar-refractivity contribution in [2.24, 2.45) is 0 Å². The minimum atomic E-state index is -0.688. The van der Waals surface area contributed by atoms with Crippen LogP contribution in [0.5, 0.6) is 11.5 Å². The second-order valence-corrected chi connectivity index (χ2v) is 6.57. The fourth-order valence-electron chi connectivity index (χ4n) is 2.90. The summed E-state index contributed by atoms with van der Waals surface area (Å²) in [5, 5.41) is 3.64. The molecule has 2 aliphatic heterocycles. The van der Waals surface area contributed by atoms with E-state index in [4.69, 9.17) is 32.7 Å². The first-order valence-electron chi connectivity index (χ1n) is 7.50. The lowest BCUT2D eigenvalue weighted by Crippen LogP contribution is -2.32. The maximum Gasteiger partial charge on any atom is 0.329 e. The lowest BCUT2D eigenvalue weighted by atomic mass is 10.1. The van der Waals surface area contributed by atoms with Gasteiger partial charge in [-0.15, -0.1) is 0 Å². The highest BCUT2D eigenvalue weighted by Gasteiger charge is 2.39. The van der Waals surface area contributed by atoms with Gasteiger partial charge in [-0.3, -0.25) is 4.79 Å².